The van der Waals surface area contributed by atoms with E-state index in [1.165, 1.54) is 10.5 Å². The third kappa shape index (κ3) is 4.93. The van der Waals surface area contributed by atoms with Gasteiger partial charge in [-0.05, 0) is 54.9 Å². The molecule has 1 atom stereocenters. The van der Waals surface area contributed by atoms with Crippen molar-refractivity contribution in [2.45, 2.75) is 30.5 Å². The first-order chi connectivity index (χ1) is 10.1. The molecule has 0 saturated carbocycles. The second-order valence-electron chi connectivity index (χ2n) is 4.88. The Kier molecular flexibility index (Phi) is 6.43. The molecule has 0 aliphatic heterocycles. The van der Waals surface area contributed by atoms with E-state index in [1.807, 2.05) is 18.2 Å². The number of rotatable bonds is 6. The lowest BCUT2D eigenvalue weighted by molar-refractivity contribution is 0.597. The van der Waals surface area contributed by atoms with Crippen molar-refractivity contribution in [1.29, 1.82) is 0 Å². The summed E-state index contributed by atoms with van der Waals surface area (Å²) in [6.45, 7) is 5.27. The predicted molar refractivity (Wildman–Crippen MR) is 94.6 cm³/mol. The minimum Gasteiger partial charge on any atom is -0.310 e. The molecule has 0 aromatic heterocycles. The van der Waals surface area contributed by atoms with Gasteiger partial charge in [0.15, 0.2) is 0 Å². The van der Waals surface area contributed by atoms with E-state index in [4.69, 9.17) is 23.2 Å². The van der Waals surface area contributed by atoms with Crippen LogP contribution in [0.1, 0.15) is 31.0 Å². The van der Waals surface area contributed by atoms with Crippen molar-refractivity contribution in [1.82, 2.24) is 5.32 Å². The standard InChI is InChI=1S/C17H19Cl2NS/c1-3-20-12(2)13-5-4-6-16(10-13)21-11-14-9-15(18)7-8-17(14)19/h4-10,12,20H,3,11H2,1-2H3. The van der Waals surface area contributed by atoms with E-state index in [0.717, 1.165) is 27.9 Å². The van der Waals surface area contributed by atoms with Gasteiger partial charge >= 0.3 is 0 Å². The first kappa shape index (κ1) is 16.7. The van der Waals surface area contributed by atoms with E-state index in [-0.39, 0.29) is 0 Å². The van der Waals surface area contributed by atoms with E-state index in [2.05, 4.69) is 43.4 Å². The first-order valence-corrected chi connectivity index (χ1v) is 8.74. The summed E-state index contributed by atoms with van der Waals surface area (Å²) >= 11 is 14.0. The summed E-state index contributed by atoms with van der Waals surface area (Å²) in [5.74, 6) is 0.818. The molecule has 0 radical (unpaired) electrons. The Morgan fingerprint density at radius 1 is 1.14 bits per heavy atom. The maximum Gasteiger partial charge on any atom is 0.0447 e. The lowest BCUT2D eigenvalue weighted by atomic mass is 10.1. The van der Waals surface area contributed by atoms with E-state index >= 15 is 0 Å². The molecule has 0 heterocycles. The van der Waals surface area contributed by atoms with Gasteiger partial charge in [0.1, 0.15) is 0 Å². The molecule has 0 aliphatic carbocycles. The summed E-state index contributed by atoms with van der Waals surface area (Å²) in [7, 11) is 0. The SMILES string of the molecule is CCNC(C)c1cccc(SCc2cc(Cl)ccc2Cl)c1. The average Bonchev–Trinajstić information content (AvgIpc) is 2.49. The van der Waals surface area contributed by atoms with E-state index in [9.17, 15) is 0 Å². The van der Waals surface area contributed by atoms with Crippen molar-refractivity contribution in [3.05, 3.63) is 63.6 Å². The number of thioether (sulfide) groups is 1. The first-order valence-electron chi connectivity index (χ1n) is 7.00. The summed E-state index contributed by atoms with van der Waals surface area (Å²) in [6.07, 6.45) is 0. The second kappa shape index (κ2) is 8.09. The van der Waals surface area contributed by atoms with Crippen LogP contribution in [-0.2, 0) is 5.75 Å². The predicted octanol–water partition coefficient (Wildman–Crippen LogP) is 5.96. The number of benzene rings is 2. The van der Waals surface area contributed by atoms with Crippen molar-refractivity contribution in [3.63, 3.8) is 0 Å². The van der Waals surface area contributed by atoms with Gasteiger partial charge in [-0.15, -0.1) is 11.8 Å². The van der Waals surface area contributed by atoms with Gasteiger partial charge in [-0.1, -0.05) is 42.3 Å². The topological polar surface area (TPSA) is 12.0 Å². The van der Waals surface area contributed by atoms with E-state index < -0.39 is 0 Å². The van der Waals surface area contributed by atoms with Crippen molar-refractivity contribution in [3.8, 4) is 0 Å². The Hall–Kier alpha value is -0.670. The van der Waals surface area contributed by atoms with Gasteiger partial charge in [-0.25, -0.2) is 0 Å². The van der Waals surface area contributed by atoms with Gasteiger partial charge < -0.3 is 5.32 Å². The van der Waals surface area contributed by atoms with Crippen LogP contribution in [0.5, 0.6) is 0 Å². The highest BCUT2D eigenvalue weighted by Crippen LogP contribution is 2.29. The molecule has 0 saturated heterocycles. The highest BCUT2D eigenvalue weighted by molar-refractivity contribution is 7.98. The van der Waals surface area contributed by atoms with Crippen LogP contribution in [0.3, 0.4) is 0 Å². The lowest BCUT2D eigenvalue weighted by Gasteiger charge is -2.14. The number of hydrogen-bond donors (Lipinski definition) is 1. The summed E-state index contributed by atoms with van der Waals surface area (Å²) in [4.78, 5) is 1.24. The van der Waals surface area contributed by atoms with Gasteiger partial charge in [-0.3, -0.25) is 0 Å². The smallest absolute Gasteiger partial charge is 0.0447 e. The maximum atomic E-state index is 6.20. The zero-order chi connectivity index (χ0) is 15.2. The zero-order valence-electron chi connectivity index (χ0n) is 12.2. The van der Waals surface area contributed by atoms with Crippen molar-refractivity contribution in [2.24, 2.45) is 0 Å². The molecule has 1 N–H and O–H groups in total. The normalized spacial score (nSPS) is 12.4. The molecule has 2 rings (SSSR count). The van der Waals surface area contributed by atoms with Crippen molar-refractivity contribution in [2.75, 3.05) is 6.54 Å². The highest BCUT2D eigenvalue weighted by atomic mass is 35.5. The van der Waals surface area contributed by atoms with Crippen LogP contribution in [0.2, 0.25) is 10.0 Å². The van der Waals surface area contributed by atoms with Gasteiger partial charge in [-0.2, -0.15) is 0 Å². The number of hydrogen-bond acceptors (Lipinski definition) is 2. The fraction of sp³-hybridized carbons (Fsp3) is 0.294. The van der Waals surface area contributed by atoms with Gasteiger partial charge in [0.05, 0.1) is 0 Å². The molecule has 4 heteroatoms. The van der Waals surface area contributed by atoms with Crippen LogP contribution in [0.4, 0.5) is 0 Å². The summed E-state index contributed by atoms with van der Waals surface area (Å²) in [5.41, 5.74) is 2.37. The third-order valence-electron chi connectivity index (χ3n) is 3.27. The molecule has 2 aromatic rings. The van der Waals surface area contributed by atoms with E-state index in [1.54, 1.807) is 11.8 Å². The fourth-order valence-electron chi connectivity index (χ4n) is 2.11. The molecular weight excluding hydrogens is 321 g/mol. The Balaban J connectivity index is 2.06. The minimum absolute atomic E-state index is 0.366. The molecule has 0 amide bonds. The Morgan fingerprint density at radius 2 is 1.95 bits per heavy atom. The van der Waals surface area contributed by atoms with Crippen LogP contribution < -0.4 is 5.32 Å². The van der Waals surface area contributed by atoms with Crippen LogP contribution in [0.15, 0.2) is 47.4 Å². The number of nitrogens with one attached hydrogen (secondary N) is 1. The largest absolute Gasteiger partial charge is 0.310 e. The monoisotopic (exact) mass is 339 g/mol. The Labute approximate surface area is 141 Å². The van der Waals surface area contributed by atoms with Crippen LogP contribution in [0.25, 0.3) is 0 Å². The molecule has 0 aliphatic rings. The van der Waals surface area contributed by atoms with Crippen LogP contribution in [0, 0.1) is 0 Å². The molecule has 1 unspecified atom stereocenters. The molecule has 0 spiro atoms. The average molecular weight is 340 g/mol. The summed E-state index contributed by atoms with van der Waals surface area (Å²) in [5, 5.41) is 4.93. The molecular formula is C17H19Cl2NS. The third-order valence-corrected chi connectivity index (χ3v) is 4.92. The van der Waals surface area contributed by atoms with E-state index in [0.29, 0.717) is 6.04 Å². The maximum absolute atomic E-state index is 6.20. The van der Waals surface area contributed by atoms with Gasteiger partial charge in [0.2, 0.25) is 0 Å². The lowest BCUT2D eigenvalue weighted by Crippen LogP contribution is -2.17. The molecule has 112 valence electrons. The van der Waals surface area contributed by atoms with Gasteiger partial charge in [0.25, 0.3) is 0 Å². The van der Waals surface area contributed by atoms with Gasteiger partial charge in [0, 0.05) is 26.7 Å². The summed E-state index contributed by atoms with van der Waals surface area (Å²) in [6, 6.07) is 14.6. The second-order valence-corrected chi connectivity index (χ2v) is 6.77. The molecule has 21 heavy (non-hydrogen) atoms. The molecule has 0 bridgehead atoms. The molecule has 1 nitrogen and oxygen atoms in total. The molecule has 0 fully saturated rings. The minimum atomic E-state index is 0.366. The molecule has 2 aromatic carbocycles. The zero-order valence-corrected chi connectivity index (χ0v) is 14.5. The number of halogens is 2. The van der Waals surface area contributed by atoms with Crippen LogP contribution >= 0.6 is 35.0 Å². The summed E-state index contributed by atoms with van der Waals surface area (Å²) < 4.78 is 0. The Morgan fingerprint density at radius 3 is 2.71 bits per heavy atom. The quantitative estimate of drug-likeness (QED) is 0.652. The highest BCUT2D eigenvalue weighted by Gasteiger charge is 2.06. The fourth-order valence-corrected chi connectivity index (χ4v) is 3.53. The van der Waals surface area contributed by atoms with Crippen molar-refractivity contribution >= 4 is 35.0 Å². The van der Waals surface area contributed by atoms with Crippen LogP contribution in [-0.4, -0.2) is 6.54 Å². The Bertz CT molecular complexity index is 601. The van der Waals surface area contributed by atoms with Crippen molar-refractivity contribution < 1.29 is 0 Å².